The van der Waals surface area contributed by atoms with Crippen LogP contribution in [0, 0.1) is 11.7 Å². The molecule has 5 N–H and O–H groups in total. The highest BCUT2D eigenvalue weighted by Gasteiger charge is 2.26. The standard InChI is InChI=1S/C15H19BrFN7O4S/c16-11-7-10(1-2-12(11)17)20-15(21-25)13-14(23-28-22-13)19-8-9-3-5-24(6-4-9)29(18,26)27/h1-2,7,9,25H,3-6,8H2,(H,19,23)(H,20,21)(H2,18,26,27). The van der Waals surface area contributed by atoms with Crippen LogP contribution >= 0.6 is 15.9 Å². The predicted molar refractivity (Wildman–Crippen MR) is 106 cm³/mol. The largest absolute Gasteiger partial charge is 0.409 e. The lowest BCUT2D eigenvalue weighted by atomic mass is 9.98. The molecule has 0 spiro atoms. The van der Waals surface area contributed by atoms with Gasteiger partial charge < -0.3 is 15.8 Å². The molecule has 2 aromatic rings. The average molecular weight is 492 g/mol. The van der Waals surface area contributed by atoms with Crippen molar-refractivity contribution in [1.82, 2.24) is 14.6 Å². The van der Waals surface area contributed by atoms with Crippen LogP contribution in [0.1, 0.15) is 18.5 Å². The number of nitrogens with two attached hydrogens (primary N) is 1. The molecule has 0 unspecified atom stereocenters. The maximum absolute atomic E-state index is 13.4. The van der Waals surface area contributed by atoms with Crippen molar-refractivity contribution in [1.29, 1.82) is 0 Å². The van der Waals surface area contributed by atoms with Crippen LogP contribution in [-0.4, -0.2) is 53.7 Å². The van der Waals surface area contributed by atoms with E-state index in [9.17, 15) is 18.0 Å². The molecule has 29 heavy (non-hydrogen) atoms. The summed E-state index contributed by atoms with van der Waals surface area (Å²) in [6.07, 6.45) is 1.26. The van der Waals surface area contributed by atoms with Crippen LogP contribution < -0.4 is 15.8 Å². The molecule has 2 heterocycles. The number of oxime groups is 1. The molecule has 1 aliphatic heterocycles. The zero-order valence-corrected chi connectivity index (χ0v) is 17.4. The third-order valence-electron chi connectivity index (χ3n) is 4.49. The third-order valence-corrected chi connectivity index (χ3v) is 6.18. The highest BCUT2D eigenvalue weighted by Crippen LogP contribution is 2.22. The van der Waals surface area contributed by atoms with Gasteiger partial charge in [-0.25, -0.2) is 14.2 Å². The number of aromatic nitrogens is 2. The van der Waals surface area contributed by atoms with Crippen molar-refractivity contribution in [2.75, 3.05) is 30.3 Å². The lowest BCUT2D eigenvalue weighted by Crippen LogP contribution is -2.43. The number of piperidine rings is 1. The summed E-state index contributed by atoms with van der Waals surface area (Å²) in [6, 6.07) is 4.18. The molecule has 0 radical (unpaired) electrons. The van der Waals surface area contributed by atoms with E-state index in [1.54, 1.807) is 0 Å². The molecule has 3 rings (SSSR count). The lowest BCUT2D eigenvalue weighted by molar-refractivity contribution is 0.281. The summed E-state index contributed by atoms with van der Waals surface area (Å²) in [5.74, 6) is -0.0401. The molecule has 0 atom stereocenters. The van der Waals surface area contributed by atoms with E-state index < -0.39 is 16.0 Å². The van der Waals surface area contributed by atoms with Gasteiger partial charge in [0.1, 0.15) is 5.82 Å². The summed E-state index contributed by atoms with van der Waals surface area (Å²) in [4.78, 5) is 0. The first-order chi connectivity index (χ1) is 13.8. The third kappa shape index (κ3) is 5.41. The van der Waals surface area contributed by atoms with E-state index in [0.717, 1.165) is 0 Å². The maximum Gasteiger partial charge on any atom is 0.276 e. The quantitative estimate of drug-likeness (QED) is 0.205. The Kier molecular flexibility index (Phi) is 6.66. The second kappa shape index (κ2) is 9.02. The van der Waals surface area contributed by atoms with Gasteiger partial charge in [0.05, 0.1) is 4.47 Å². The Morgan fingerprint density at radius 1 is 1.41 bits per heavy atom. The Balaban J connectivity index is 1.62. The molecule has 0 saturated carbocycles. The number of hydrogen-bond donors (Lipinski definition) is 4. The second-order valence-corrected chi connectivity index (χ2v) is 8.83. The van der Waals surface area contributed by atoms with Crippen LogP contribution in [0.25, 0.3) is 0 Å². The smallest absolute Gasteiger partial charge is 0.276 e. The van der Waals surface area contributed by atoms with Crippen molar-refractivity contribution in [2.45, 2.75) is 12.8 Å². The first-order valence-electron chi connectivity index (χ1n) is 8.56. The minimum absolute atomic E-state index is 0.0451. The Labute approximate surface area is 174 Å². The average Bonchev–Trinajstić information content (AvgIpc) is 3.15. The Bertz CT molecular complexity index is 992. The number of nitrogens with one attached hydrogen (secondary N) is 2. The van der Waals surface area contributed by atoms with Crippen LogP contribution in [0.5, 0.6) is 0 Å². The summed E-state index contributed by atoms with van der Waals surface area (Å²) >= 11 is 3.08. The maximum atomic E-state index is 13.4. The van der Waals surface area contributed by atoms with Crippen LogP contribution in [0.3, 0.4) is 0 Å². The van der Waals surface area contributed by atoms with E-state index in [1.807, 2.05) is 0 Å². The SMILES string of the molecule is NS(=O)(=O)N1CCC(CNc2nonc2C(=NO)Nc2ccc(F)c(Br)c2)CC1. The topological polar surface area (TPSA) is 159 Å². The fourth-order valence-corrected chi connectivity index (χ4v) is 4.01. The highest BCUT2D eigenvalue weighted by atomic mass is 79.9. The molecule has 1 saturated heterocycles. The number of hydrogen-bond acceptors (Lipinski definition) is 8. The zero-order valence-electron chi connectivity index (χ0n) is 15.0. The first kappa shape index (κ1) is 21.4. The summed E-state index contributed by atoms with van der Waals surface area (Å²) in [5, 5.41) is 31.1. The predicted octanol–water partition coefficient (Wildman–Crippen LogP) is 1.55. The van der Waals surface area contributed by atoms with Crippen LogP contribution in [0.15, 0.2) is 32.5 Å². The van der Waals surface area contributed by atoms with E-state index >= 15 is 0 Å². The minimum atomic E-state index is -3.67. The Morgan fingerprint density at radius 3 is 2.76 bits per heavy atom. The fourth-order valence-electron chi connectivity index (χ4n) is 2.91. The number of rotatable bonds is 6. The molecular weight excluding hydrogens is 473 g/mol. The molecule has 0 bridgehead atoms. The molecule has 11 nitrogen and oxygen atoms in total. The summed E-state index contributed by atoms with van der Waals surface area (Å²) in [6.45, 7) is 1.18. The van der Waals surface area contributed by atoms with Crippen LogP contribution in [-0.2, 0) is 10.2 Å². The molecule has 0 amide bonds. The number of anilines is 2. The Morgan fingerprint density at radius 2 is 2.14 bits per heavy atom. The zero-order chi connectivity index (χ0) is 21.0. The normalized spacial score (nSPS) is 16.7. The monoisotopic (exact) mass is 491 g/mol. The van der Waals surface area contributed by atoms with Crippen molar-refractivity contribution in [3.8, 4) is 0 Å². The fraction of sp³-hybridized carbons (Fsp3) is 0.400. The van der Waals surface area contributed by atoms with Crippen molar-refractivity contribution in [3.63, 3.8) is 0 Å². The van der Waals surface area contributed by atoms with Gasteiger partial charge >= 0.3 is 0 Å². The highest BCUT2D eigenvalue weighted by molar-refractivity contribution is 9.10. The molecule has 1 fully saturated rings. The van der Waals surface area contributed by atoms with Crippen molar-refractivity contribution < 1.29 is 22.6 Å². The second-order valence-electron chi connectivity index (χ2n) is 6.43. The van der Waals surface area contributed by atoms with Gasteiger partial charge in [0, 0.05) is 25.3 Å². The van der Waals surface area contributed by atoms with Gasteiger partial charge in [-0.15, -0.1) is 0 Å². The van der Waals surface area contributed by atoms with E-state index in [-0.39, 0.29) is 27.7 Å². The summed E-state index contributed by atoms with van der Waals surface area (Å²) < 4.78 is 42.3. The molecule has 1 aromatic heterocycles. The lowest BCUT2D eigenvalue weighted by Gasteiger charge is -2.29. The van der Waals surface area contributed by atoms with Gasteiger partial charge in [0.2, 0.25) is 11.7 Å². The number of halogens is 2. The Hall–Kier alpha value is -2.29. The molecular formula is C15H19BrFN7O4S. The number of amidine groups is 1. The van der Waals surface area contributed by atoms with E-state index in [1.165, 1.54) is 22.5 Å². The van der Waals surface area contributed by atoms with Gasteiger partial charge in [-0.3, -0.25) is 0 Å². The molecule has 14 heteroatoms. The van der Waals surface area contributed by atoms with Crippen LogP contribution in [0.4, 0.5) is 15.9 Å². The van der Waals surface area contributed by atoms with Gasteiger partial charge in [0.25, 0.3) is 10.2 Å². The van der Waals surface area contributed by atoms with E-state index in [2.05, 4.69) is 42.0 Å². The summed E-state index contributed by atoms with van der Waals surface area (Å²) in [7, 11) is -3.67. The number of benzene rings is 1. The van der Waals surface area contributed by atoms with E-state index in [4.69, 9.17) is 9.77 Å². The first-order valence-corrected chi connectivity index (χ1v) is 10.9. The summed E-state index contributed by atoms with van der Waals surface area (Å²) in [5.41, 5.74) is 0.588. The van der Waals surface area contributed by atoms with Crippen molar-refractivity contribution in [2.24, 2.45) is 16.2 Å². The molecule has 1 aromatic carbocycles. The van der Waals surface area contributed by atoms with Gasteiger partial charge in [-0.05, 0) is 63.2 Å². The number of nitrogens with zero attached hydrogens (tertiary/aromatic N) is 4. The van der Waals surface area contributed by atoms with E-state index in [0.29, 0.717) is 38.2 Å². The molecule has 1 aliphatic rings. The van der Waals surface area contributed by atoms with Gasteiger partial charge in [-0.2, -0.15) is 12.7 Å². The molecule has 0 aliphatic carbocycles. The minimum Gasteiger partial charge on any atom is -0.409 e. The molecule has 158 valence electrons. The van der Waals surface area contributed by atoms with Crippen LogP contribution in [0.2, 0.25) is 0 Å². The van der Waals surface area contributed by atoms with Gasteiger partial charge in [-0.1, -0.05) is 5.16 Å². The van der Waals surface area contributed by atoms with Crippen molar-refractivity contribution in [3.05, 3.63) is 34.2 Å². The van der Waals surface area contributed by atoms with Crippen molar-refractivity contribution >= 4 is 43.5 Å². The van der Waals surface area contributed by atoms with Gasteiger partial charge in [0.15, 0.2) is 5.69 Å².